The molecule has 1 atom stereocenters. The van der Waals surface area contributed by atoms with Crippen molar-refractivity contribution in [1.29, 1.82) is 0 Å². The lowest BCUT2D eigenvalue weighted by Gasteiger charge is -2.21. The van der Waals surface area contributed by atoms with Crippen LogP contribution in [0.2, 0.25) is 0 Å². The molecule has 2 rings (SSSR count). The summed E-state index contributed by atoms with van der Waals surface area (Å²) in [6, 6.07) is 6.46. The van der Waals surface area contributed by atoms with Gasteiger partial charge in [0, 0.05) is 11.4 Å². The smallest absolute Gasteiger partial charge is 0.327 e. The first-order valence-corrected chi connectivity index (χ1v) is 7.25. The number of carboxylic acid groups (broad SMARTS) is 1. The van der Waals surface area contributed by atoms with Gasteiger partial charge in [-0.25, -0.2) is 9.59 Å². The molecular weight excluding hydrogens is 264 g/mol. The van der Waals surface area contributed by atoms with Gasteiger partial charge in [-0.1, -0.05) is 25.1 Å². The molecule has 0 saturated carbocycles. The first kappa shape index (κ1) is 13.7. The van der Waals surface area contributed by atoms with Crippen molar-refractivity contribution in [2.75, 3.05) is 16.9 Å². The predicted octanol–water partition coefficient (Wildman–Crippen LogP) is 2.24. The van der Waals surface area contributed by atoms with Crippen LogP contribution in [-0.2, 0) is 11.2 Å². The van der Waals surface area contributed by atoms with Gasteiger partial charge in [0.2, 0.25) is 0 Å². The molecule has 1 saturated heterocycles. The molecule has 5 nitrogen and oxygen atoms in total. The molecule has 0 aromatic heterocycles. The van der Waals surface area contributed by atoms with Crippen LogP contribution in [0.1, 0.15) is 12.5 Å². The molecule has 6 heteroatoms. The number of benzene rings is 1. The van der Waals surface area contributed by atoms with Gasteiger partial charge in [0.25, 0.3) is 0 Å². The minimum Gasteiger partial charge on any atom is -0.480 e. The van der Waals surface area contributed by atoms with Gasteiger partial charge in [-0.2, -0.15) is 0 Å². The van der Waals surface area contributed by atoms with Crippen LogP contribution >= 0.6 is 11.8 Å². The summed E-state index contributed by atoms with van der Waals surface area (Å²) in [5, 5.41) is 11.9. The summed E-state index contributed by atoms with van der Waals surface area (Å²) in [4.78, 5) is 24.6. The number of thioether (sulfide) groups is 1. The van der Waals surface area contributed by atoms with Crippen LogP contribution in [0.15, 0.2) is 24.3 Å². The minimum atomic E-state index is -0.955. The van der Waals surface area contributed by atoms with Crippen molar-refractivity contribution in [3.63, 3.8) is 0 Å². The van der Waals surface area contributed by atoms with Gasteiger partial charge in [-0.15, -0.1) is 11.8 Å². The number of amides is 2. The second kappa shape index (κ2) is 5.97. The largest absolute Gasteiger partial charge is 0.480 e. The van der Waals surface area contributed by atoms with Crippen LogP contribution in [-0.4, -0.2) is 39.7 Å². The van der Waals surface area contributed by atoms with Crippen LogP contribution in [0.5, 0.6) is 0 Å². The van der Waals surface area contributed by atoms with E-state index in [4.69, 9.17) is 5.11 Å². The number of para-hydroxylation sites is 1. The van der Waals surface area contributed by atoms with E-state index in [-0.39, 0.29) is 6.03 Å². The lowest BCUT2D eigenvalue weighted by Crippen LogP contribution is -2.44. The highest BCUT2D eigenvalue weighted by Crippen LogP contribution is 2.23. The number of hydrogen-bond donors (Lipinski definition) is 2. The second-order valence-corrected chi connectivity index (χ2v) is 5.26. The Morgan fingerprint density at radius 3 is 2.89 bits per heavy atom. The Morgan fingerprint density at radius 1 is 1.47 bits per heavy atom. The molecule has 1 fully saturated rings. The number of carbonyl (C=O) groups is 2. The van der Waals surface area contributed by atoms with Crippen molar-refractivity contribution in [1.82, 2.24) is 4.90 Å². The number of hydrogen-bond acceptors (Lipinski definition) is 3. The molecule has 0 spiro atoms. The Morgan fingerprint density at radius 2 is 2.21 bits per heavy atom. The molecule has 2 amide bonds. The summed E-state index contributed by atoms with van der Waals surface area (Å²) in [6.45, 7) is 2.01. The summed E-state index contributed by atoms with van der Waals surface area (Å²) >= 11 is 1.45. The predicted molar refractivity (Wildman–Crippen MR) is 75.4 cm³/mol. The third kappa shape index (κ3) is 3.01. The van der Waals surface area contributed by atoms with Crippen LogP contribution in [0.25, 0.3) is 0 Å². The lowest BCUT2D eigenvalue weighted by atomic mass is 10.1. The first-order valence-electron chi connectivity index (χ1n) is 6.09. The first-order chi connectivity index (χ1) is 9.13. The van der Waals surface area contributed by atoms with Gasteiger partial charge >= 0.3 is 12.0 Å². The average molecular weight is 280 g/mol. The van der Waals surface area contributed by atoms with E-state index in [9.17, 15) is 9.59 Å². The molecule has 0 bridgehead atoms. The third-order valence-corrected chi connectivity index (χ3v) is 4.08. The quantitative estimate of drug-likeness (QED) is 0.891. The fourth-order valence-electron chi connectivity index (χ4n) is 1.98. The molecule has 102 valence electrons. The van der Waals surface area contributed by atoms with Crippen LogP contribution in [0.4, 0.5) is 10.5 Å². The average Bonchev–Trinajstić information content (AvgIpc) is 2.88. The highest BCUT2D eigenvalue weighted by molar-refractivity contribution is 7.99. The van der Waals surface area contributed by atoms with E-state index in [1.807, 2.05) is 31.2 Å². The van der Waals surface area contributed by atoms with E-state index < -0.39 is 12.0 Å². The number of anilines is 1. The summed E-state index contributed by atoms with van der Waals surface area (Å²) in [7, 11) is 0. The molecule has 1 aliphatic rings. The SMILES string of the molecule is CCc1ccccc1NC(=O)N1CSC[C@H]1C(=O)O. The molecule has 0 unspecified atom stereocenters. The molecule has 0 aliphatic carbocycles. The Bertz CT molecular complexity index is 493. The number of aliphatic carboxylic acids is 1. The summed E-state index contributed by atoms with van der Waals surface area (Å²) < 4.78 is 0. The van der Waals surface area contributed by atoms with Gasteiger partial charge in [-0.05, 0) is 18.1 Å². The maximum atomic E-state index is 12.1. The Balaban J connectivity index is 2.10. The van der Waals surface area contributed by atoms with Gasteiger partial charge in [0.1, 0.15) is 6.04 Å². The van der Waals surface area contributed by atoms with E-state index in [0.29, 0.717) is 11.6 Å². The van der Waals surface area contributed by atoms with Crippen molar-refractivity contribution >= 4 is 29.4 Å². The molecule has 1 aromatic carbocycles. The van der Waals surface area contributed by atoms with Gasteiger partial charge in [0.15, 0.2) is 0 Å². The second-order valence-electron chi connectivity index (χ2n) is 4.26. The van der Waals surface area contributed by atoms with Crippen molar-refractivity contribution < 1.29 is 14.7 Å². The molecule has 0 radical (unpaired) electrons. The van der Waals surface area contributed by atoms with Gasteiger partial charge in [-0.3, -0.25) is 0 Å². The number of carbonyl (C=O) groups excluding carboxylic acids is 1. The number of nitrogens with one attached hydrogen (secondary N) is 1. The molecule has 1 aromatic rings. The van der Waals surface area contributed by atoms with E-state index in [1.165, 1.54) is 16.7 Å². The maximum absolute atomic E-state index is 12.1. The zero-order chi connectivity index (χ0) is 13.8. The number of carboxylic acids is 1. The van der Waals surface area contributed by atoms with E-state index >= 15 is 0 Å². The normalized spacial score (nSPS) is 18.4. The monoisotopic (exact) mass is 280 g/mol. The Hall–Kier alpha value is -1.69. The number of rotatable bonds is 3. The summed E-state index contributed by atoms with van der Waals surface area (Å²) in [5.74, 6) is -0.0983. The zero-order valence-electron chi connectivity index (χ0n) is 10.6. The van der Waals surface area contributed by atoms with Crippen molar-refractivity contribution in [2.24, 2.45) is 0 Å². The Labute approximate surface area is 116 Å². The highest BCUT2D eigenvalue weighted by atomic mass is 32.2. The van der Waals surface area contributed by atoms with E-state index in [2.05, 4.69) is 5.32 Å². The number of urea groups is 1. The van der Waals surface area contributed by atoms with Crippen LogP contribution in [0.3, 0.4) is 0 Å². The summed E-state index contributed by atoms with van der Waals surface area (Å²) in [5.41, 5.74) is 1.78. The highest BCUT2D eigenvalue weighted by Gasteiger charge is 2.34. The molecule has 2 N–H and O–H groups in total. The topological polar surface area (TPSA) is 69.6 Å². The lowest BCUT2D eigenvalue weighted by molar-refractivity contribution is -0.140. The fourth-order valence-corrected chi connectivity index (χ4v) is 3.13. The maximum Gasteiger partial charge on any atom is 0.327 e. The van der Waals surface area contributed by atoms with Crippen molar-refractivity contribution in [2.45, 2.75) is 19.4 Å². The fraction of sp³-hybridized carbons (Fsp3) is 0.385. The standard InChI is InChI=1S/C13H16N2O3S/c1-2-9-5-3-4-6-10(9)14-13(18)15-8-19-7-11(15)12(16)17/h3-6,11H,2,7-8H2,1H3,(H,14,18)(H,16,17)/t11-/m0/s1. The molecule has 19 heavy (non-hydrogen) atoms. The molecule has 1 heterocycles. The van der Waals surface area contributed by atoms with E-state index in [0.717, 1.165) is 17.7 Å². The van der Waals surface area contributed by atoms with Gasteiger partial charge < -0.3 is 15.3 Å². The van der Waals surface area contributed by atoms with Crippen molar-refractivity contribution in [3.05, 3.63) is 29.8 Å². The number of aryl methyl sites for hydroxylation is 1. The molecular formula is C13H16N2O3S. The third-order valence-electron chi connectivity index (χ3n) is 3.07. The van der Waals surface area contributed by atoms with Crippen LogP contribution < -0.4 is 5.32 Å². The minimum absolute atomic E-state index is 0.349. The Kier molecular flexibility index (Phi) is 4.31. The zero-order valence-corrected chi connectivity index (χ0v) is 11.4. The number of nitrogens with zero attached hydrogens (tertiary/aromatic N) is 1. The van der Waals surface area contributed by atoms with Crippen molar-refractivity contribution in [3.8, 4) is 0 Å². The summed E-state index contributed by atoms with van der Waals surface area (Å²) in [6.07, 6.45) is 0.813. The van der Waals surface area contributed by atoms with E-state index in [1.54, 1.807) is 0 Å². The van der Waals surface area contributed by atoms with Gasteiger partial charge in [0.05, 0.1) is 5.88 Å². The molecule has 1 aliphatic heterocycles. The van der Waals surface area contributed by atoms with Crippen LogP contribution in [0, 0.1) is 0 Å².